The van der Waals surface area contributed by atoms with Crippen LogP contribution < -0.4 is 0 Å². The summed E-state index contributed by atoms with van der Waals surface area (Å²) >= 11 is 0. The number of carbonyl (C=O) groups excluding carboxylic acids is 3. The summed E-state index contributed by atoms with van der Waals surface area (Å²) in [5.41, 5.74) is 0. The Morgan fingerprint density at radius 2 is 0.600 bits per heavy atom. The van der Waals surface area contributed by atoms with E-state index in [0.29, 0.717) is 19.3 Å². The van der Waals surface area contributed by atoms with Gasteiger partial charge in [0.2, 0.25) is 0 Å². The van der Waals surface area contributed by atoms with Crippen LogP contribution in [0.25, 0.3) is 0 Å². The third kappa shape index (κ3) is 50.7. The molecule has 0 spiro atoms. The molecule has 0 aliphatic carbocycles. The van der Waals surface area contributed by atoms with E-state index < -0.39 is 6.10 Å². The molecule has 0 aromatic rings. The van der Waals surface area contributed by atoms with Gasteiger partial charge >= 0.3 is 17.9 Å². The molecule has 0 aliphatic heterocycles. The van der Waals surface area contributed by atoms with Crippen molar-refractivity contribution in [2.45, 2.75) is 219 Å². The Bertz CT molecular complexity index is 1400. The van der Waals surface area contributed by atoms with Crippen LogP contribution in [0.15, 0.2) is 122 Å². The molecule has 0 saturated carbocycles. The first-order valence-electron chi connectivity index (χ1n) is 26.2. The maximum atomic E-state index is 12.8. The first-order chi connectivity index (χ1) is 32.0. The molecule has 1 unspecified atom stereocenters. The van der Waals surface area contributed by atoms with Gasteiger partial charge in [0.05, 0.1) is 0 Å². The Kier molecular flexibility index (Phi) is 49.1. The lowest BCUT2D eigenvalue weighted by Crippen LogP contribution is -2.30. The van der Waals surface area contributed by atoms with Gasteiger partial charge in [-0.25, -0.2) is 0 Å². The fraction of sp³-hybridized carbons (Fsp3) is 0.610. The van der Waals surface area contributed by atoms with E-state index in [-0.39, 0.29) is 37.5 Å². The Morgan fingerprint density at radius 3 is 0.985 bits per heavy atom. The number of esters is 3. The second kappa shape index (κ2) is 52.4. The molecule has 0 radical (unpaired) electrons. The van der Waals surface area contributed by atoms with Gasteiger partial charge in [0.15, 0.2) is 6.10 Å². The lowest BCUT2D eigenvalue weighted by Gasteiger charge is -2.18. The molecule has 0 saturated heterocycles. The number of hydrogen-bond acceptors (Lipinski definition) is 6. The standard InChI is InChI=1S/C59H94O6/c1-4-7-10-13-16-19-22-25-27-29-31-32-34-37-40-43-46-49-52-58(61)64-55-56(54-63-57(60)51-48-45-42-39-36-24-21-18-15-12-9-6-3)65-59(62)53-50-47-44-41-38-35-33-30-28-26-23-20-17-14-11-8-5-2/h8,11,14,16-17,19-20,22-23,25-33,35,38,56H,4-7,9-10,12-13,15,18,21,24,34,36-37,39-55H2,1-3H3/b11-8-,17-14-,19-16-,23-20-,25-22-,28-26-,29-27-,32-31-,33-30+,38-35-. The zero-order chi connectivity index (χ0) is 47.2. The van der Waals surface area contributed by atoms with Gasteiger partial charge < -0.3 is 14.2 Å². The number of unbranched alkanes of at least 4 members (excludes halogenated alkanes) is 22. The monoisotopic (exact) mass is 899 g/mol. The fourth-order valence-electron chi connectivity index (χ4n) is 6.78. The smallest absolute Gasteiger partial charge is 0.306 e. The number of carbonyl (C=O) groups is 3. The van der Waals surface area contributed by atoms with Gasteiger partial charge in [-0.3, -0.25) is 14.4 Å². The van der Waals surface area contributed by atoms with Crippen molar-refractivity contribution >= 4 is 17.9 Å². The van der Waals surface area contributed by atoms with E-state index in [4.69, 9.17) is 14.2 Å². The summed E-state index contributed by atoms with van der Waals surface area (Å²) in [4.78, 5) is 38.0. The molecule has 0 amide bonds. The van der Waals surface area contributed by atoms with Crippen LogP contribution in [0.4, 0.5) is 0 Å². The molecule has 65 heavy (non-hydrogen) atoms. The van der Waals surface area contributed by atoms with E-state index in [0.717, 1.165) is 89.9 Å². The summed E-state index contributed by atoms with van der Waals surface area (Å²) in [6.45, 7) is 6.38. The third-order valence-corrected chi connectivity index (χ3v) is 10.7. The zero-order valence-corrected chi connectivity index (χ0v) is 41.7. The molecule has 0 bridgehead atoms. The van der Waals surface area contributed by atoms with Crippen LogP contribution in [-0.4, -0.2) is 37.2 Å². The fourth-order valence-corrected chi connectivity index (χ4v) is 6.78. The molecular weight excluding hydrogens is 805 g/mol. The average Bonchev–Trinajstić information content (AvgIpc) is 3.30. The summed E-state index contributed by atoms with van der Waals surface area (Å²) in [5, 5.41) is 0. The first-order valence-corrected chi connectivity index (χ1v) is 26.2. The van der Waals surface area contributed by atoms with Crippen molar-refractivity contribution in [3.8, 4) is 0 Å². The minimum atomic E-state index is -0.813. The molecule has 6 nitrogen and oxygen atoms in total. The van der Waals surface area contributed by atoms with E-state index >= 15 is 0 Å². The quantitative estimate of drug-likeness (QED) is 0.0262. The summed E-state index contributed by atoms with van der Waals surface area (Å²) in [6.07, 6.45) is 71.7. The van der Waals surface area contributed by atoms with Gasteiger partial charge in [-0.1, -0.05) is 251 Å². The second-order valence-corrected chi connectivity index (χ2v) is 16.9. The summed E-state index contributed by atoms with van der Waals surface area (Å²) < 4.78 is 16.7. The van der Waals surface area contributed by atoms with E-state index in [1.54, 1.807) is 0 Å². The van der Waals surface area contributed by atoms with Crippen molar-refractivity contribution in [1.29, 1.82) is 0 Å². The van der Waals surface area contributed by atoms with Crippen molar-refractivity contribution < 1.29 is 28.6 Å². The van der Waals surface area contributed by atoms with Gasteiger partial charge in [-0.15, -0.1) is 0 Å². The van der Waals surface area contributed by atoms with Gasteiger partial charge in [0.25, 0.3) is 0 Å². The minimum absolute atomic E-state index is 0.106. The Balaban J connectivity index is 4.55. The SMILES string of the molecule is CC\C=C/C=C\C=C/C=C\C=C\C=C/CCCCCC(=O)OC(COC(=O)CCCCCCC\C=C/C=C\C=C/C=C\CCCCC)COC(=O)CCCCCCCCCCCCCC. The van der Waals surface area contributed by atoms with Crippen LogP contribution in [-0.2, 0) is 28.6 Å². The largest absolute Gasteiger partial charge is 0.462 e. The molecule has 6 heteroatoms. The molecule has 0 heterocycles. The Labute approximate surface area is 399 Å². The maximum absolute atomic E-state index is 12.8. The molecule has 0 aromatic carbocycles. The molecule has 0 rings (SSSR count). The molecule has 366 valence electrons. The maximum Gasteiger partial charge on any atom is 0.306 e. The van der Waals surface area contributed by atoms with Crippen LogP contribution in [0, 0.1) is 0 Å². The summed E-state index contributed by atoms with van der Waals surface area (Å²) in [7, 11) is 0. The van der Waals surface area contributed by atoms with Crippen LogP contribution in [0.1, 0.15) is 213 Å². The van der Waals surface area contributed by atoms with Gasteiger partial charge in [-0.2, -0.15) is 0 Å². The lowest BCUT2D eigenvalue weighted by molar-refractivity contribution is -0.167. The number of ether oxygens (including phenoxy) is 3. The molecular formula is C59H94O6. The van der Waals surface area contributed by atoms with Crippen LogP contribution in [0.5, 0.6) is 0 Å². The molecule has 0 N–H and O–H groups in total. The lowest BCUT2D eigenvalue weighted by atomic mass is 10.0. The Morgan fingerprint density at radius 1 is 0.323 bits per heavy atom. The highest BCUT2D eigenvalue weighted by molar-refractivity contribution is 5.71. The van der Waals surface area contributed by atoms with E-state index in [2.05, 4.69) is 81.5 Å². The Hall–Kier alpha value is -4.19. The topological polar surface area (TPSA) is 78.9 Å². The van der Waals surface area contributed by atoms with Crippen molar-refractivity contribution in [1.82, 2.24) is 0 Å². The van der Waals surface area contributed by atoms with E-state index in [1.807, 2.05) is 60.8 Å². The zero-order valence-electron chi connectivity index (χ0n) is 41.7. The molecule has 1 atom stereocenters. The van der Waals surface area contributed by atoms with E-state index in [9.17, 15) is 14.4 Å². The second-order valence-electron chi connectivity index (χ2n) is 16.9. The predicted molar refractivity (Wildman–Crippen MR) is 279 cm³/mol. The van der Waals surface area contributed by atoms with Gasteiger partial charge in [-0.05, 0) is 64.2 Å². The third-order valence-electron chi connectivity index (χ3n) is 10.7. The number of allylic oxidation sites excluding steroid dienone is 20. The van der Waals surface area contributed by atoms with Gasteiger partial charge in [0.1, 0.15) is 13.2 Å². The van der Waals surface area contributed by atoms with Crippen molar-refractivity contribution in [3.05, 3.63) is 122 Å². The number of hydrogen-bond donors (Lipinski definition) is 0. The highest BCUT2D eigenvalue weighted by Gasteiger charge is 2.19. The van der Waals surface area contributed by atoms with Crippen molar-refractivity contribution in [3.63, 3.8) is 0 Å². The van der Waals surface area contributed by atoms with Crippen LogP contribution in [0.3, 0.4) is 0 Å². The predicted octanol–water partition coefficient (Wildman–Crippen LogP) is 17.3. The van der Waals surface area contributed by atoms with Crippen LogP contribution >= 0.6 is 0 Å². The summed E-state index contributed by atoms with van der Waals surface area (Å²) in [5.74, 6) is -0.980. The normalized spacial score (nSPS) is 13.1. The molecule has 0 fully saturated rings. The van der Waals surface area contributed by atoms with Crippen molar-refractivity contribution in [2.75, 3.05) is 13.2 Å². The molecule has 0 aliphatic rings. The molecule has 0 aromatic heterocycles. The number of rotatable bonds is 45. The van der Waals surface area contributed by atoms with E-state index in [1.165, 1.54) is 77.0 Å². The van der Waals surface area contributed by atoms with Crippen molar-refractivity contribution in [2.24, 2.45) is 0 Å². The van der Waals surface area contributed by atoms with Crippen LogP contribution in [0.2, 0.25) is 0 Å². The minimum Gasteiger partial charge on any atom is -0.462 e. The first kappa shape index (κ1) is 60.8. The highest BCUT2D eigenvalue weighted by atomic mass is 16.6. The highest BCUT2D eigenvalue weighted by Crippen LogP contribution is 2.14. The van der Waals surface area contributed by atoms with Gasteiger partial charge in [0, 0.05) is 19.3 Å². The summed E-state index contributed by atoms with van der Waals surface area (Å²) in [6, 6.07) is 0. The average molecular weight is 899 g/mol.